The predicted octanol–water partition coefficient (Wildman–Crippen LogP) is 4.64. The molecule has 9 nitrogen and oxygen atoms in total. The number of carbonyl (C=O) groups excluding carboxylic acids is 2. The maximum atomic E-state index is 14.2. The summed E-state index contributed by atoms with van der Waals surface area (Å²) in [7, 11) is -1.05. The van der Waals surface area contributed by atoms with E-state index >= 15 is 0 Å². The number of benzene rings is 3. The zero-order chi connectivity index (χ0) is 30.9. The minimum Gasteiger partial charge on any atom is -0.497 e. The topological polar surface area (TPSA) is 105 Å². The summed E-state index contributed by atoms with van der Waals surface area (Å²) in [6.07, 6.45) is 1.27. The van der Waals surface area contributed by atoms with Gasteiger partial charge in [-0.3, -0.25) is 13.9 Å². The second-order valence-electron chi connectivity index (χ2n) is 10.3. The number of amides is 2. The number of rotatable bonds is 14. The monoisotopic (exact) mass is 659 g/mol. The number of hydrogen-bond acceptors (Lipinski definition) is 6. The van der Waals surface area contributed by atoms with Crippen LogP contribution >= 0.6 is 15.9 Å². The van der Waals surface area contributed by atoms with E-state index in [0.29, 0.717) is 12.3 Å². The first-order chi connectivity index (χ1) is 19.9. The highest BCUT2D eigenvalue weighted by Crippen LogP contribution is 2.34. The highest BCUT2D eigenvalue weighted by atomic mass is 79.9. The van der Waals surface area contributed by atoms with Crippen LogP contribution in [0.2, 0.25) is 0 Å². The Morgan fingerprint density at radius 3 is 2.21 bits per heavy atom. The molecule has 3 rings (SSSR count). The third-order valence-electron chi connectivity index (χ3n) is 6.53. The van der Waals surface area contributed by atoms with E-state index in [0.717, 1.165) is 26.2 Å². The molecule has 42 heavy (non-hydrogen) atoms. The number of carbonyl (C=O) groups is 2. The van der Waals surface area contributed by atoms with Crippen LogP contribution in [0, 0.1) is 5.92 Å². The van der Waals surface area contributed by atoms with Crippen molar-refractivity contribution in [3.8, 4) is 11.5 Å². The summed E-state index contributed by atoms with van der Waals surface area (Å²) in [6.45, 7) is 3.95. The molecule has 1 atom stereocenters. The van der Waals surface area contributed by atoms with E-state index in [1.807, 2.05) is 68.4 Å². The SMILES string of the molecule is COc1ccc(N(CC(=O)N(Cc2cccc(Br)c2)C(Cc2ccccc2)C(=O)NCC(C)C)S(C)(=O)=O)c(OC)c1. The Labute approximate surface area is 257 Å². The standard InChI is InChI=1S/C31H38BrN3O6S/c1-22(2)19-33-31(37)28(17-23-10-7-6-8-11-23)34(20-24-12-9-13-25(32)16-24)30(36)21-35(42(5,38)39)27-15-14-26(40-3)18-29(27)41-4/h6-16,18,22,28H,17,19-21H2,1-5H3,(H,33,37). The van der Waals surface area contributed by atoms with Crippen LogP contribution < -0.4 is 19.1 Å². The Bertz CT molecular complexity index is 1470. The number of hydrogen-bond donors (Lipinski definition) is 1. The van der Waals surface area contributed by atoms with Crippen LogP contribution in [-0.2, 0) is 32.6 Å². The Kier molecular flexibility index (Phi) is 11.8. The summed E-state index contributed by atoms with van der Waals surface area (Å²) in [5.41, 5.74) is 1.83. The van der Waals surface area contributed by atoms with Gasteiger partial charge in [0.2, 0.25) is 21.8 Å². The fourth-order valence-electron chi connectivity index (χ4n) is 4.39. The lowest BCUT2D eigenvalue weighted by atomic mass is 10.0. The van der Waals surface area contributed by atoms with E-state index in [-0.39, 0.29) is 36.2 Å². The fraction of sp³-hybridized carbons (Fsp3) is 0.355. The molecule has 0 radical (unpaired) electrons. The molecular weight excluding hydrogens is 622 g/mol. The van der Waals surface area contributed by atoms with Gasteiger partial charge in [-0.25, -0.2) is 8.42 Å². The highest BCUT2D eigenvalue weighted by molar-refractivity contribution is 9.10. The van der Waals surface area contributed by atoms with E-state index in [4.69, 9.17) is 9.47 Å². The van der Waals surface area contributed by atoms with Gasteiger partial charge in [0, 0.05) is 30.0 Å². The molecule has 0 bridgehead atoms. The smallest absolute Gasteiger partial charge is 0.244 e. The van der Waals surface area contributed by atoms with Gasteiger partial charge in [0.1, 0.15) is 24.1 Å². The Hall–Kier alpha value is -3.57. The third kappa shape index (κ3) is 9.22. The van der Waals surface area contributed by atoms with Crippen molar-refractivity contribution in [2.75, 3.05) is 37.9 Å². The molecule has 1 N–H and O–H groups in total. The number of nitrogens with one attached hydrogen (secondary N) is 1. The number of nitrogens with zero attached hydrogens (tertiary/aromatic N) is 2. The fourth-order valence-corrected chi connectivity index (χ4v) is 5.69. The first-order valence-electron chi connectivity index (χ1n) is 13.5. The minimum atomic E-state index is -3.95. The molecule has 0 saturated heterocycles. The van der Waals surface area contributed by atoms with Gasteiger partial charge in [-0.15, -0.1) is 0 Å². The molecule has 226 valence electrons. The molecule has 3 aromatic carbocycles. The van der Waals surface area contributed by atoms with Crippen molar-refractivity contribution in [3.05, 3.63) is 88.4 Å². The molecule has 0 heterocycles. The van der Waals surface area contributed by atoms with Crippen molar-refractivity contribution in [1.82, 2.24) is 10.2 Å². The molecule has 0 aliphatic carbocycles. The van der Waals surface area contributed by atoms with Crippen LogP contribution in [0.1, 0.15) is 25.0 Å². The summed E-state index contributed by atoms with van der Waals surface area (Å²) in [4.78, 5) is 29.4. The van der Waals surface area contributed by atoms with Gasteiger partial charge < -0.3 is 19.7 Å². The van der Waals surface area contributed by atoms with Gasteiger partial charge in [0.05, 0.1) is 26.2 Å². The van der Waals surface area contributed by atoms with Crippen molar-refractivity contribution in [1.29, 1.82) is 0 Å². The predicted molar refractivity (Wildman–Crippen MR) is 168 cm³/mol. The van der Waals surface area contributed by atoms with Gasteiger partial charge in [0.25, 0.3) is 0 Å². The maximum Gasteiger partial charge on any atom is 0.244 e. The molecule has 0 aliphatic rings. The first-order valence-corrected chi connectivity index (χ1v) is 16.1. The lowest BCUT2D eigenvalue weighted by Gasteiger charge is -2.34. The zero-order valence-electron chi connectivity index (χ0n) is 24.5. The van der Waals surface area contributed by atoms with E-state index in [2.05, 4.69) is 21.2 Å². The summed E-state index contributed by atoms with van der Waals surface area (Å²) in [6, 6.07) is 20.6. The molecule has 0 saturated carbocycles. The molecular formula is C31H38BrN3O6S. The Balaban J connectivity index is 2.09. The quantitative estimate of drug-likeness (QED) is 0.270. The molecule has 0 fully saturated rings. The van der Waals surface area contributed by atoms with E-state index < -0.39 is 28.5 Å². The lowest BCUT2D eigenvalue weighted by Crippen LogP contribution is -2.53. The largest absolute Gasteiger partial charge is 0.497 e. The average Bonchev–Trinajstić information content (AvgIpc) is 2.96. The van der Waals surface area contributed by atoms with E-state index in [1.54, 1.807) is 12.1 Å². The second kappa shape index (κ2) is 15.1. The molecule has 2 amide bonds. The van der Waals surface area contributed by atoms with Crippen LogP contribution in [0.25, 0.3) is 0 Å². The maximum absolute atomic E-state index is 14.2. The third-order valence-corrected chi connectivity index (χ3v) is 8.15. The summed E-state index contributed by atoms with van der Waals surface area (Å²) >= 11 is 3.48. The van der Waals surface area contributed by atoms with Crippen molar-refractivity contribution in [2.24, 2.45) is 5.92 Å². The number of sulfonamides is 1. The van der Waals surface area contributed by atoms with Crippen LogP contribution in [0.4, 0.5) is 5.69 Å². The second-order valence-corrected chi connectivity index (χ2v) is 13.1. The van der Waals surface area contributed by atoms with Crippen molar-refractivity contribution in [3.63, 3.8) is 0 Å². The number of methoxy groups -OCH3 is 2. The molecule has 11 heteroatoms. The first kappa shape index (κ1) is 32.9. The average molecular weight is 661 g/mol. The summed E-state index contributed by atoms with van der Waals surface area (Å²) < 4.78 is 38.7. The van der Waals surface area contributed by atoms with Crippen molar-refractivity contribution in [2.45, 2.75) is 32.9 Å². The van der Waals surface area contributed by atoms with Crippen LogP contribution in [-0.4, -0.2) is 64.7 Å². The van der Waals surface area contributed by atoms with E-state index in [9.17, 15) is 18.0 Å². The van der Waals surface area contributed by atoms with Gasteiger partial charge in [-0.1, -0.05) is 72.2 Å². The lowest BCUT2D eigenvalue weighted by molar-refractivity contribution is -0.140. The number of ether oxygens (including phenoxy) is 2. The van der Waals surface area contributed by atoms with Gasteiger partial charge in [-0.2, -0.15) is 0 Å². The van der Waals surface area contributed by atoms with Crippen LogP contribution in [0.3, 0.4) is 0 Å². The van der Waals surface area contributed by atoms with Gasteiger partial charge in [0.15, 0.2) is 0 Å². The van der Waals surface area contributed by atoms with Crippen molar-refractivity contribution >= 4 is 43.5 Å². The highest BCUT2D eigenvalue weighted by Gasteiger charge is 2.34. The normalized spacial score (nSPS) is 12.0. The number of anilines is 1. The Morgan fingerprint density at radius 1 is 0.929 bits per heavy atom. The van der Waals surface area contributed by atoms with Gasteiger partial charge in [-0.05, 0) is 41.3 Å². The van der Waals surface area contributed by atoms with Crippen molar-refractivity contribution < 1.29 is 27.5 Å². The van der Waals surface area contributed by atoms with Crippen LogP contribution in [0.15, 0.2) is 77.3 Å². The Morgan fingerprint density at radius 2 is 1.62 bits per heavy atom. The number of halogens is 1. The zero-order valence-corrected chi connectivity index (χ0v) is 26.9. The van der Waals surface area contributed by atoms with Crippen LogP contribution in [0.5, 0.6) is 11.5 Å². The molecule has 0 spiro atoms. The molecule has 1 unspecified atom stereocenters. The summed E-state index contributed by atoms with van der Waals surface area (Å²) in [5.74, 6) is 0.0320. The molecule has 0 aliphatic heterocycles. The minimum absolute atomic E-state index is 0.0855. The van der Waals surface area contributed by atoms with E-state index in [1.165, 1.54) is 25.2 Å². The van der Waals surface area contributed by atoms with Gasteiger partial charge >= 0.3 is 0 Å². The molecule has 3 aromatic rings. The molecule has 0 aromatic heterocycles. The summed E-state index contributed by atoms with van der Waals surface area (Å²) in [5, 5.41) is 2.97.